The maximum absolute atomic E-state index is 5.41. The molecule has 1 aromatic heterocycles. The summed E-state index contributed by atoms with van der Waals surface area (Å²) in [7, 11) is 3.40. The van der Waals surface area contributed by atoms with Gasteiger partial charge in [0.2, 0.25) is 5.88 Å². The minimum absolute atomic E-state index is 0. The van der Waals surface area contributed by atoms with Gasteiger partial charge in [-0.3, -0.25) is 4.99 Å². The van der Waals surface area contributed by atoms with Gasteiger partial charge < -0.3 is 20.1 Å². The van der Waals surface area contributed by atoms with Gasteiger partial charge in [-0.05, 0) is 19.4 Å². The molecule has 0 amide bonds. The molecule has 1 heterocycles. The summed E-state index contributed by atoms with van der Waals surface area (Å²) in [6.45, 7) is 5.87. The number of nitrogens with one attached hydrogen (secondary N) is 2. The van der Waals surface area contributed by atoms with Crippen molar-refractivity contribution >= 4 is 29.9 Å². The van der Waals surface area contributed by atoms with Crippen molar-refractivity contribution < 1.29 is 9.47 Å². The number of rotatable bonds is 7. The second-order valence-electron chi connectivity index (χ2n) is 4.57. The standard InChI is InChI=1S/C14H24N4O2.HI/c1-11(2)18-14(15-3)17-10-12-5-6-13(16-9-12)20-8-7-19-4;/h5-6,9,11H,7-8,10H2,1-4H3,(H2,15,17,18);1H. The molecule has 0 bridgehead atoms. The highest BCUT2D eigenvalue weighted by Gasteiger charge is 2.01. The van der Waals surface area contributed by atoms with Crippen LogP contribution < -0.4 is 15.4 Å². The second-order valence-corrected chi connectivity index (χ2v) is 4.57. The topological polar surface area (TPSA) is 67.8 Å². The van der Waals surface area contributed by atoms with Gasteiger partial charge in [-0.25, -0.2) is 4.98 Å². The van der Waals surface area contributed by atoms with Crippen LogP contribution in [0.2, 0.25) is 0 Å². The molecule has 0 radical (unpaired) electrons. The number of hydrogen-bond acceptors (Lipinski definition) is 4. The Labute approximate surface area is 143 Å². The molecule has 0 atom stereocenters. The summed E-state index contributed by atoms with van der Waals surface area (Å²) < 4.78 is 10.3. The summed E-state index contributed by atoms with van der Waals surface area (Å²) in [5, 5.41) is 6.45. The van der Waals surface area contributed by atoms with E-state index in [2.05, 4.69) is 34.5 Å². The van der Waals surface area contributed by atoms with Gasteiger partial charge in [-0.1, -0.05) is 6.07 Å². The van der Waals surface area contributed by atoms with Crippen LogP contribution in [0.5, 0.6) is 5.88 Å². The normalized spacial score (nSPS) is 11.0. The quantitative estimate of drug-likeness (QED) is 0.312. The van der Waals surface area contributed by atoms with Crippen molar-refractivity contribution in [1.82, 2.24) is 15.6 Å². The highest BCUT2D eigenvalue weighted by Crippen LogP contribution is 2.07. The molecule has 1 rings (SSSR count). The molecule has 6 nitrogen and oxygen atoms in total. The van der Waals surface area contributed by atoms with E-state index in [9.17, 15) is 0 Å². The Balaban J connectivity index is 0.00000400. The van der Waals surface area contributed by atoms with Crippen LogP contribution in [0.3, 0.4) is 0 Å². The number of halogens is 1. The number of nitrogens with zero attached hydrogens (tertiary/aromatic N) is 2. The van der Waals surface area contributed by atoms with Crippen LogP contribution in [-0.2, 0) is 11.3 Å². The first kappa shape index (κ1) is 19.9. The first-order chi connectivity index (χ1) is 9.65. The Kier molecular flexibility index (Phi) is 11.0. The van der Waals surface area contributed by atoms with E-state index in [4.69, 9.17) is 9.47 Å². The fraction of sp³-hybridized carbons (Fsp3) is 0.571. The summed E-state index contributed by atoms with van der Waals surface area (Å²) in [5.74, 6) is 1.39. The molecule has 7 heteroatoms. The molecule has 0 spiro atoms. The molecule has 0 fully saturated rings. The fourth-order valence-corrected chi connectivity index (χ4v) is 1.48. The van der Waals surface area contributed by atoms with E-state index in [1.807, 2.05) is 12.1 Å². The number of hydrogen-bond donors (Lipinski definition) is 2. The van der Waals surface area contributed by atoms with Gasteiger partial charge in [0, 0.05) is 39.0 Å². The Morgan fingerprint density at radius 2 is 2.10 bits per heavy atom. The van der Waals surface area contributed by atoms with Gasteiger partial charge >= 0.3 is 0 Å². The highest BCUT2D eigenvalue weighted by molar-refractivity contribution is 14.0. The van der Waals surface area contributed by atoms with Crippen molar-refractivity contribution in [3.05, 3.63) is 23.9 Å². The van der Waals surface area contributed by atoms with Crippen molar-refractivity contribution in [2.75, 3.05) is 27.4 Å². The summed E-state index contributed by atoms with van der Waals surface area (Å²) in [4.78, 5) is 8.38. The van der Waals surface area contributed by atoms with Crippen molar-refractivity contribution in [2.24, 2.45) is 4.99 Å². The molecule has 0 aliphatic rings. The fourth-order valence-electron chi connectivity index (χ4n) is 1.48. The zero-order valence-corrected chi connectivity index (χ0v) is 15.4. The first-order valence-electron chi connectivity index (χ1n) is 6.69. The second kappa shape index (κ2) is 11.6. The number of pyridine rings is 1. The lowest BCUT2D eigenvalue weighted by atomic mass is 10.3. The number of ether oxygens (including phenoxy) is 2. The number of guanidine groups is 1. The number of aliphatic imine (C=N–C) groups is 1. The highest BCUT2D eigenvalue weighted by atomic mass is 127. The van der Waals surface area contributed by atoms with Gasteiger partial charge in [-0.15, -0.1) is 24.0 Å². The van der Waals surface area contributed by atoms with E-state index in [-0.39, 0.29) is 24.0 Å². The van der Waals surface area contributed by atoms with Crippen LogP contribution >= 0.6 is 24.0 Å². The molecular formula is C14H25IN4O2. The summed E-state index contributed by atoms with van der Waals surface area (Å²) in [5.41, 5.74) is 1.07. The predicted octanol–water partition coefficient (Wildman–Crippen LogP) is 1.80. The molecule has 0 unspecified atom stereocenters. The van der Waals surface area contributed by atoms with Gasteiger partial charge in [0.15, 0.2) is 5.96 Å². The largest absolute Gasteiger partial charge is 0.475 e. The smallest absolute Gasteiger partial charge is 0.213 e. The van der Waals surface area contributed by atoms with Crippen molar-refractivity contribution in [2.45, 2.75) is 26.4 Å². The zero-order valence-electron chi connectivity index (χ0n) is 13.0. The Morgan fingerprint density at radius 1 is 1.33 bits per heavy atom. The molecule has 2 N–H and O–H groups in total. The molecule has 0 saturated carbocycles. The number of methoxy groups -OCH3 is 1. The van der Waals surface area contributed by atoms with Gasteiger partial charge in [-0.2, -0.15) is 0 Å². The molecule has 0 aromatic carbocycles. The van der Waals surface area contributed by atoms with E-state index in [1.54, 1.807) is 20.4 Å². The van der Waals surface area contributed by atoms with Crippen LogP contribution in [0.4, 0.5) is 0 Å². The van der Waals surface area contributed by atoms with Crippen molar-refractivity contribution in [3.8, 4) is 5.88 Å². The third-order valence-corrected chi connectivity index (χ3v) is 2.44. The minimum Gasteiger partial charge on any atom is -0.475 e. The van der Waals surface area contributed by atoms with Crippen LogP contribution in [0.25, 0.3) is 0 Å². The van der Waals surface area contributed by atoms with Crippen LogP contribution in [0.15, 0.2) is 23.3 Å². The molecule has 0 aliphatic carbocycles. The lowest BCUT2D eigenvalue weighted by Crippen LogP contribution is -2.40. The van der Waals surface area contributed by atoms with E-state index in [1.165, 1.54) is 0 Å². The van der Waals surface area contributed by atoms with Crippen LogP contribution in [-0.4, -0.2) is 44.4 Å². The third kappa shape index (κ3) is 8.71. The van der Waals surface area contributed by atoms with E-state index in [0.29, 0.717) is 31.7 Å². The van der Waals surface area contributed by atoms with E-state index < -0.39 is 0 Å². The van der Waals surface area contributed by atoms with Crippen molar-refractivity contribution in [1.29, 1.82) is 0 Å². The Hall–Kier alpha value is -1.09. The molecule has 0 saturated heterocycles. The van der Waals surface area contributed by atoms with Gasteiger partial charge in [0.25, 0.3) is 0 Å². The minimum atomic E-state index is 0. The van der Waals surface area contributed by atoms with E-state index in [0.717, 1.165) is 11.5 Å². The molecular weight excluding hydrogens is 383 g/mol. The van der Waals surface area contributed by atoms with Crippen LogP contribution in [0, 0.1) is 0 Å². The zero-order chi connectivity index (χ0) is 14.8. The Morgan fingerprint density at radius 3 is 2.62 bits per heavy atom. The summed E-state index contributed by atoms with van der Waals surface area (Å²) >= 11 is 0. The summed E-state index contributed by atoms with van der Waals surface area (Å²) in [6, 6.07) is 4.17. The molecule has 0 aliphatic heterocycles. The van der Waals surface area contributed by atoms with Gasteiger partial charge in [0.1, 0.15) is 6.61 Å². The summed E-state index contributed by atoms with van der Waals surface area (Å²) in [6.07, 6.45) is 1.79. The third-order valence-electron chi connectivity index (χ3n) is 2.44. The predicted molar refractivity (Wildman–Crippen MR) is 95.5 cm³/mol. The van der Waals surface area contributed by atoms with E-state index >= 15 is 0 Å². The molecule has 1 aromatic rings. The van der Waals surface area contributed by atoms with Crippen LogP contribution in [0.1, 0.15) is 19.4 Å². The lowest BCUT2D eigenvalue weighted by molar-refractivity contribution is 0.143. The molecule has 120 valence electrons. The molecule has 21 heavy (non-hydrogen) atoms. The maximum atomic E-state index is 5.41. The SMILES string of the molecule is CN=C(NCc1ccc(OCCOC)nc1)NC(C)C.I. The monoisotopic (exact) mass is 408 g/mol. The lowest BCUT2D eigenvalue weighted by Gasteiger charge is -2.14. The average molecular weight is 408 g/mol. The Bertz CT molecular complexity index is 410. The maximum Gasteiger partial charge on any atom is 0.213 e. The average Bonchev–Trinajstić information content (AvgIpc) is 2.44. The first-order valence-corrected chi connectivity index (χ1v) is 6.69. The van der Waals surface area contributed by atoms with Gasteiger partial charge in [0.05, 0.1) is 6.61 Å². The number of aromatic nitrogens is 1. The van der Waals surface area contributed by atoms with Crippen molar-refractivity contribution in [3.63, 3.8) is 0 Å².